The summed E-state index contributed by atoms with van der Waals surface area (Å²) in [5.74, 6) is 0.0902. The second-order valence-corrected chi connectivity index (χ2v) is 7.12. The number of carbonyl (C=O) groups excluding carboxylic acids is 1. The van der Waals surface area contributed by atoms with Crippen LogP contribution in [-0.2, 0) is 10.4 Å². The molecule has 0 saturated carbocycles. The first-order chi connectivity index (χ1) is 14.1. The first-order valence-corrected chi connectivity index (χ1v) is 9.94. The Kier molecular flexibility index (Phi) is 6.80. The predicted molar refractivity (Wildman–Crippen MR) is 117 cm³/mol. The van der Waals surface area contributed by atoms with Crippen molar-refractivity contribution in [1.29, 1.82) is 0 Å². The van der Waals surface area contributed by atoms with E-state index in [0.29, 0.717) is 17.7 Å². The summed E-state index contributed by atoms with van der Waals surface area (Å²) in [6, 6.07) is 23.1. The zero-order valence-corrected chi connectivity index (χ0v) is 17.5. The highest BCUT2D eigenvalue weighted by Crippen LogP contribution is 2.30. The summed E-state index contributed by atoms with van der Waals surface area (Å²) in [5.41, 5.74) is 2.29. The minimum atomic E-state index is -1.86. The van der Waals surface area contributed by atoms with E-state index < -0.39 is 11.5 Å². The van der Waals surface area contributed by atoms with E-state index in [1.54, 1.807) is 48.5 Å². The van der Waals surface area contributed by atoms with E-state index in [2.05, 4.69) is 26.5 Å². The molecule has 0 aromatic heterocycles. The molecule has 0 aliphatic rings. The number of rotatable bonds is 7. The van der Waals surface area contributed by atoms with Crippen molar-refractivity contribution in [3.05, 3.63) is 100 Å². The molecule has 3 rings (SSSR count). The summed E-state index contributed by atoms with van der Waals surface area (Å²) in [6.07, 6.45) is 1.51. The third kappa shape index (κ3) is 4.72. The molecule has 29 heavy (non-hydrogen) atoms. The molecule has 0 saturated heterocycles. The van der Waals surface area contributed by atoms with Crippen molar-refractivity contribution in [2.45, 2.75) is 12.5 Å². The topological polar surface area (TPSA) is 70.9 Å². The van der Waals surface area contributed by atoms with Gasteiger partial charge in [-0.15, -0.1) is 0 Å². The number of hydrazone groups is 1. The van der Waals surface area contributed by atoms with Gasteiger partial charge in [0, 0.05) is 0 Å². The van der Waals surface area contributed by atoms with Gasteiger partial charge in [-0.25, -0.2) is 5.43 Å². The molecule has 6 heteroatoms. The lowest BCUT2D eigenvalue weighted by Crippen LogP contribution is -2.43. The molecule has 0 fully saturated rings. The van der Waals surface area contributed by atoms with Crippen molar-refractivity contribution in [3.8, 4) is 5.75 Å². The van der Waals surface area contributed by atoms with Gasteiger partial charge in [0.15, 0.2) is 5.60 Å². The molecule has 0 radical (unpaired) electrons. The van der Waals surface area contributed by atoms with Crippen LogP contribution < -0.4 is 10.2 Å². The fourth-order valence-corrected chi connectivity index (χ4v) is 3.41. The summed E-state index contributed by atoms with van der Waals surface area (Å²) in [5, 5.41) is 15.4. The number of amides is 1. The van der Waals surface area contributed by atoms with Crippen molar-refractivity contribution in [2.75, 3.05) is 6.61 Å². The normalized spacial score (nSPS) is 11.4. The molecule has 0 heterocycles. The van der Waals surface area contributed by atoms with Crippen LogP contribution in [0.1, 0.15) is 23.6 Å². The summed E-state index contributed by atoms with van der Waals surface area (Å²) in [6.45, 7) is 2.48. The standard InChI is InChI=1S/C23H21BrN2O3/c1-2-29-21-14-13-17(15-20(21)24)16-25-26-22(27)23(28,18-9-5-3-6-10-18)19-11-7-4-8-12-19/h3-16,28H,2H2,1H3,(H,26,27)/b25-16+. The molecule has 1 amide bonds. The van der Waals surface area contributed by atoms with E-state index in [-0.39, 0.29) is 0 Å². The van der Waals surface area contributed by atoms with Gasteiger partial charge < -0.3 is 9.84 Å². The predicted octanol–water partition coefficient (Wildman–Crippen LogP) is 4.23. The first kappa shape index (κ1) is 20.8. The van der Waals surface area contributed by atoms with Gasteiger partial charge in [0.05, 0.1) is 17.3 Å². The Bertz CT molecular complexity index is 952. The monoisotopic (exact) mass is 452 g/mol. The number of nitrogens with one attached hydrogen (secondary N) is 1. The Labute approximate surface area is 178 Å². The second kappa shape index (κ2) is 9.49. The van der Waals surface area contributed by atoms with Crippen LogP contribution in [0.25, 0.3) is 0 Å². The van der Waals surface area contributed by atoms with Crippen LogP contribution in [0.2, 0.25) is 0 Å². The Balaban J connectivity index is 1.83. The molecule has 3 aromatic rings. The van der Waals surface area contributed by atoms with Crippen LogP contribution in [0, 0.1) is 0 Å². The van der Waals surface area contributed by atoms with E-state index in [4.69, 9.17) is 4.74 Å². The van der Waals surface area contributed by atoms with Crippen molar-refractivity contribution < 1.29 is 14.6 Å². The number of carbonyl (C=O) groups is 1. The van der Waals surface area contributed by atoms with Crippen molar-refractivity contribution in [1.82, 2.24) is 5.43 Å². The van der Waals surface area contributed by atoms with E-state index in [1.807, 2.05) is 37.3 Å². The summed E-state index contributed by atoms with van der Waals surface area (Å²) in [7, 11) is 0. The minimum absolute atomic E-state index is 0.461. The quantitative estimate of drug-likeness (QED) is 0.416. The number of hydrogen-bond donors (Lipinski definition) is 2. The van der Waals surface area contributed by atoms with Gasteiger partial charge in [-0.1, -0.05) is 60.7 Å². The molecule has 148 valence electrons. The molecular formula is C23H21BrN2O3. The van der Waals surface area contributed by atoms with E-state index in [9.17, 15) is 9.90 Å². The second-order valence-electron chi connectivity index (χ2n) is 6.26. The highest BCUT2D eigenvalue weighted by atomic mass is 79.9. The number of hydrogen-bond acceptors (Lipinski definition) is 4. The molecule has 0 bridgehead atoms. The lowest BCUT2D eigenvalue weighted by molar-refractivity contribution is -0.136. The Morgan fingerprint density at radius 3 is 2.17 bits per heavy atom. The first-order valence-electron chi connectivity index (χ1n) is 9.15. The van der Waals surface area contributed by atoms with Gasteiger partial charge in [-0.2, -0.15) is 5.10 Å². The van der Waals surface area contributed by atoms with Gasteiger partial charge in [0.1, 0.15) is 5.75 Å². The Hall–Kier alpha value is -2.96. The van der Waals surface area contributed by atoms with Crippen molar-refractivity contribution >= 4 is 28.1 Å². The van der Waals surface area contributed by atoms with Crippen LogP contribution in [0.3, 0.4) is 0 Å². The fourth-order valence-electron chi connectivity index (χ4n) is 2.90. The molecule has 2 N–H and O–H groups in total. The van der Waals surface area contributed by atoms with Gasteiger partial charge in [-0.3, -0.25) is 4.79 Å². The summed E-state index contributed by atoms with van der Waals surface area (Å²) < 4.78 is 6.27. The van der Waals surface area contributed by atoms with Gasteiger partial charge in [-0.05, 0) is 57.7 Å². The van der Waals surface area contributed by atoms with E-state index in [0.717, 1.165) is 15.8 Å². The fraction of sp³-hybridized carbons (Fsp3) is 0.130. The van der Waals surface area contributed by atoms with Gasteiger partial charge in [0.2, 0.25) is 0 Å². The SMILES string of the molecule is CCOc1ccc(/C=N/NC(=O)C(O)(c2ccccc2)c2ccccc2)cc1Br. The number of nitrogens with zero attached hydrogens (tertiary/aromatic N) is 1. The summed E-state index contributed by atoms with van der Waals surface area (Å²) in [4.78, 5) is 13.0. The van der Waals surface area contributed by atoms with Crippen molar-refractivity contribution in [3.63, 3.8) is 0 Å². The maximum absolute atomic E-state index is 13.0. The lowest BCUT2D eigenvalue weighted by atomic mass is 9.85. The number of halogens is 1. The smallest absolute Gasteiger partial charge is 0.281 e. The maximum Gasteiger partial charge on any atom is 0.281 e. The van der Waals surface area contributed by atoms with Crippen LogP contribution in [0.15, 0.2) is 88.4 Å². The zero-order chi connectivity index (χ0) is 20.7. The zero-order valence-electron chi connectivity index (χ0n) is 15.9. The molecule has 3 aromatic carbocycles. The molecular weight excluding hydrogens is 432 g/mol. The van der Waals surface area contributed by atoms with Gasteiger partial charge in [0.25, 0.3) is 5.91 Å². The molecule has 0 aliphatic carbocycles. The van der Waals surface area contributed by atoms with Gasteiger partial charge >= 0.3 is 0 Å². The van der Waals surface area contributed by atoms with Crippen LogP contribution in [0.4, 0.5) is 0 Å². The molecule has 0 aliphatic heterocycles. The highest BCUT2D eigenvalue weighted by Gasteiger charge is 2.39. The minimum Gasteiger partial charge on any atom is -0.493 e. The summed E-state index contributed by atoms with van der Waals surface area (Å²) >= 11 is 3.45. The average Bonchev–Trinajstić information content (AvgIpc) is 2.76. The Morgan fingerprint density at radius 1 is 1.07 bits per heavy atom. The maximum atomic E-state index is 13.0. The number of aliphatic hydroxyl groups is 1. The van der Waals surface area contributed by atoms with Crippen LogP contribution in [-0.4, -0.2) is 23.8 Å². The third-order valence-electron chi connectivity index (χ3n) is 4.35. The largest absolute Gasteiger partial charge is 0.493 e. The Morgan fingerprint density at radius 2 is 1.66 bits per heavy atom. The molecule has 5 nitrogen and oxygen atoms in total. The molecule has 0 unspecified atom stereocenters. The average molecular weight is 453 g/mol. The van der Waals surface area contributed by atoms with E-state index >= 15 is 0 Å². The van der Waals surface area contributed by atoms with Crippen LogP contribution in [0.5, 0.6) is 5.75 Å². The highest BCUT2D eigenvalue weighted by molar-refractivity contribution is 9.10. The number of benzene rings is 3. The van der Waals surface area contributed by atoms with Crippen LogP contribution >= 0.6 is 15.9 Å². The lowest BCUT2D eigenvalue weighted by Gasteiger charge is -2.27. The molecule has 0 atom stereocenters. The number of ether oxygens (including phenoxy) is 1. The van der Waals surface area contributed by atoms with E-state index in [1.165, 1.54) is 6.21 Å². The molecule has 0 spiro atoms. The third-order valence-corrected chi connectivity index (χ3v) is 4.97. The van der Waals surface area contributed by atoms with Crippen molar-refractivity contribution in [2.24, 2.45) is 5.10 Å².